The van der Waals surface area contributed by atoms with Crippen LogP contribution in [0, 0.1) is 0 Å². The lowest BCUT2D eigenvalue weighted by Gasteiger charge is -2.20. The number of Topliss-reactive ketones (excluding diaryl/α,β-unsaturated/α-hetero) is 1. The quantitative estimate of drug-likeness (QED) is 0.696. The third-order valence-corrected chi connectivity index (χ3v) is 3.12. The monoisotopic (exact) mass is 205 g/mol. The standard InChI is InChI=1S/C12H15NO2/c1-3-8-7-11(15)13(2)9-5-4-6-10(14)12(8)9/h7H,3-6H2,1-2H3. The summed E-state index contributed by atoms with van der Waals surface area (Å²) < 4.78 is 1.62. The summed E-state index contributed by atoms with van der Waals surface area (Å²) in [5.74, 6) is 0.198. The Morgan fingerprint density at radius 3 is 2.73 bits per heavy atom. The molecule has 0 bridgehead atoms. The molecule has 1 aromatic rings. The van der Waals surface area contributed by atoms with Gasteiger partial charge in [-0.05, 0) is 24.8 Å². The molecular weight excluding hydrogens is 190 g/mol. The van der Waals surface area contributed by atoms with Gasteiger partial charge < -0.3 is 4.57 Å². The molecule has 0 spiro atoms. The molecule has 0 aliphatic heterocycles. The number of aromatic nitrogens is 1. The van der Waals surface area contributed by atoms with E-state index >= 15 is 0 Å². The summed E-state index contributed by atoms with van der Waals surface area (Å²) >= 11 is 0. The Kier molecular flexibility index (Phi) is 2.47. The highest BCUT2D eigenvalue weighted by atomic mass is 16.1. The maximum absolute atomic E-state index is 11.8. The minimum absolute atomic E-state index is 0.000278. The molecule has 2 rings (SSSR count). The number of hydrogen-bond acceptors (Lipinski definition) is 2. The maximum atomic E-state index is 11.8. The highest BCUT2D eigenvalue weighted by Gasteiger charge is 2.22. The zero-order chi connectivity index (χ0) is 11.0. The summed E-state index contributed by atoms with van der Waals surface area (Å²) in [5, 5.41) is 0. The van der Waals surface area contributed by atoms with Gasteiger partial charge >= 0.3 is 0 Å². The Bertz CT molecular complexity index is 471. The van der Waals surface area contributed by atoms with E-state index in [4.69, 9.17) is 0 Å². The van der Waals surface area contributed by atoms with E-state index in [0.29, 0.717) is 6.42 Å². The SMILES string of the molecule is CCc1cc(=O)n(C)c2c1C(=O)CCC2. The van der Waals surface area contributed by atoms with E-state index in [1.807, 2.05) is 6.92 Å². The van der Waals surface area contributed by atoms with Gasteiger partial charge in [-0.2, -0.15) is 0 Å². The van der Waals surface area contributed by atoms with Crippen molar-refractivity contribution in [1.82, 2.24) is 4.57 Å². The fourth-order valence-electron chi connectivity index (χ4n) is 2.26. The van der Waals surface area contributed by atoms with Crippen LogP contribution in [-0.2, 0) is 19.9 Å². The Morgan fingerprint density at radius 2 is 2.07 bits per heavy atom. The van der Waals surface area contributed by atoms with Crippen molar-refractivity contribution in [1.29, 1.82) is 0 Å². The highest BCUT2D eigenvalue weighted by Crippen LogP contribution is 2.22. The van der Waals surface area contributed by atoms with Crippen molar-refractivity contribution in [2.45, 2.75) is 32.6 Å². The lowest BCUT2D eigenvalue weighted by molar-refractivity contribution is 0.0969. The van der Waals surface area contributed by atoms with Crippen LogP contribution in [0.4, 0.5) is 0 Å². The van der Waals surface area contributed by atoms with Crippen molar-refractivity contribution < 1.29 is 4.79 Å². The molecule has 0 fully saturated rings. The fourth-order valence-corrected chi connectivity index (χ4v) is 2.26. The van der Waals surface area contributed by atoms with Gasteiger partial charge in [-0.3, -0.25) is 9.59 Å². The average molecular weight is 205 g/mol. The summed E-state index contributed by atoms with van der Waals surface area (Å²) in [6.07, 6.45) is 3.09. The largest absolute Gasteiger partial charge is 0.315 e. The molecule has 0 amide bonds. The molecule has 3 heteroatoms. The number of carbonyl (C=O) groups excluding carboxylic acids is 1. The number of fused-ring (bicyclic) bond motifs is 1. The predicted molar refractivity (Wildman–Crippen MR) is 58.3 cm³/mol. The van der Waals surface area contributed by atoms with Crippen molar-refractivity contribution in [2.24, 2.45) is 7.05 Å². The average Bonchev–Trinajstić information content (AvgIpc) is 2.23. The molecule has 0 saturated heterocycles. The van der Waals surface area contributed by atoms with E-state index in [9.17, 15) is 9.59 Å². The number of hydrogen-bond donors (Lipinski definition) is 0. The molecular formula is C12H15NO2. The number of rotatable bonds is 1. The van der Waals surface area contributed by atoms with Crippen molar-refractivity contribution in [3.05, 3.63) is 33.2 Å². The molecule has 1 heterocycles. The first kappa shape index (κ1) is 10.1. The Hall–Kier alpha value is -1.38. The van der Waals surface area contributed by atoms with Crippen LogP contribution in [0.5, 0.6) is 0 Å². The van der Waals surface area contributed by atoms with Gasteiger partial charge in [0.25, 0.3) is 5.56 Å². The smallest absolute Gasteiger partial charge is 0.250 e. The summed E-state index contributed by atoms with van der Waals surface area (Å²) in [4.78, 5) is 23.4. The molecule has 0 atom stereocenters. The van der Waals surface area contributed by atoms with Crippen LogP contribution in [-0.4, -0.2) is 10.4 Å². The Morgan fingerprint density at radius 1 is 1.33 bits per heavy atom. The van der Waals surface area contributed by atoms with Crippen molar-refractivity contribution >= 4 is 5.78 Å². The lowest BCUT2D eigenvalue weighted by Crippen LogP contribution is -2.27. The third-order valence-electron chi connectivity index (χ3n) is 3.12. The summed E-state index contributed by atoms with van der Waals surface area (Å²) in [5.41, 5.74) is 2.65. The molecule has 15 heavy (non-hydrogen) atoms. The molecule has 1 aliphatic carbocycles. The Balaban J connectivity index is 2.76. The predicted octanol–water partition coefficient (Wildman–Crippen LogP) is 1.47. The van der Waals surface area contributed by atoms with E-state index in [1.54, 1.807) is 17.7 Å². The van der Waals surface area contributed by atoms with E-state index in [1.165, 1.54) is 0 Å². The maximum Gasteiger partial charge on any atom is 0.250 e. The molecule has 0 saturated carbocycles. The van der Waals surface area contributed by atoms with E-state index < -0.39 is 0 Å². The molecule has 1 aliphatic rings. The topological polar surface area (TPSA) is 39.1 Å². The van der Waals surface area contributed by atoms with E-state index in [2.05, 4.69) is 0 Å². The zero-order valence-electron chi connectivity index (χ0n) is 9.17. The zero-order valence-corrected chi connectivity index (χ0v) is 9.17. The number of ketones is 1. The second-order valence-corrected chi connectivity index (χ2v) is 4.02. The van der Waals surface area contributed by atoms with E-state index in [-0.39, 0.29) is 11.3 Å². The number of pyridine rings is 1. The van der Waals surface area contributed by atoms with Crippen LogP contribution in [0.1, 0.15) is 41.4 Å². The lowest BCUT2D eigenvalue weighted by atomic mass is 9.90. The number of aryl methyl sites for hydroxylation is 1. The first-order chi connectivity index (χ1) is 7.15. The molecule has 1 aromatic heterocycles. The Labute approximate surface area is 88.7 Å². The normalized spacial score (nSPS) is 15.2. The number of carbonyl (C=O) groups is 1. The van der Waals surface area contributed by atoms with Crippen LogP contribution in [0.3, 0.4) is 0 Å². The molecule has 80 valence electrons. The first-order valence-corrected chi connectivity index (χ1v) is 5.40. The van der Waals surface area contributed by atoms with Crippen LogP contribution in [0.25, 0.3) is 0 Å². The summed E-state index contributed by atoms with van der Waals surface area (Å²) in [6.45, 7) is 1.98. The molecule has 3 nitrogen and oxygen atoms in total. The van der Waals surface area contributed by atoms with Crippen LogP contribution in [0.2, 0.25) is 0 Å². The van der Waals surface area contributed by atoms with Gasteiger partial charge in [0.15, 0.2) is 5.78 Å². The first-order valence-electron chi connectivity index (χ1n) is 5.40. The van der Waals surface area contributed by atoms with Gasteiger partial charge in [0.1, 0.15) is 0 Å². The van der Waals surface area contributed by atoms with E-state index in [0.717, 1.165) is 36.1 Å². The van der Waals surface area contributed by atoms with Crippen molar-refractivity contribution in [3.8, 4) is 0 Å². The van der Waals surface area contributed by atoms with Gasteiger partial charge in [-0.15, -0.1) is 0 Å². The van der Waals surface area contributed by atoms with Gasteiger partial charge in [-0.1, -0.05) is 6.92 Å². The minimum atomic E-state index is 0.000278. The van der Waals surface area contributed by atoms with Crippen molar-refractivity contribution in [2.75, 3.05) is 0 Å². The molecule has 0 unspecified atom stereocenters. The summed E-state index contributed by atoms with van der Waals surface area (Å²) in [6, 6.07) is 1.60. The second kappa shape index (κ2) is 3.65. The van der Waals surface area contributed by atoms with Gasteiger partial charge in [0.05, 0.1) is 0 Å². The molecule has 0 N–H and O–H groups in total. The molecule has 0 aromatic carbocycles. The summed E-state index contributed by atoms with van der Waals surface area (Å²) in [7, 11) is 1.75. The van der Waals surface area contributed by atoms with Crippen molar-refractivity contribution in [3.63, 3.8) is 0 Å². The second-order valence-electron chi connectivity index (χ2n) is 4.02. The minimum Gasteiger partial charge on any atom is -0.315 e. The van der Waals surface area contributed by atoms with Crippen LogP contribution >= 0.6 is 0 Å². The number of nitrogens with zero attached hydrogens (tertiary/aromatic N) is 1. The van der Waals surface area contributed by atoms with Gasteiger partial charge in [-0.25, -0.2) is 0 Å². The van der Waals surface area contributed by atoms with Gasteiger partial charge in [0, 0.05) is 30.8 Å². The van der Waals surface area contributed by atoms with Crippen LogP contribution in [0.15, 0.2) is 10.9 Å². The molecule has 0 radical (unpaired) electrons. The fraction of sp³-hybridized carbons (Fsp3) is 0.500. The van der Waals surface area contributed by atoms with Crippen LogP contribution < -0.4 is 5.56 Å². The highest BCUT2D eigenvalue weighted by molar-refractivity contribution is 5.99. The third kappa shape index (κ3) is 1.52. The van der Waals surface area contributed by atoms with Gasteiger partial charge in [0.2, 0.25) is 0 Å².